The summed E-state index contributed by atoms with van der Waals surface area (Å²) in [5.74, 6) is 0.258. The monoisotopic (exact) mass is 399 g/mol. The normalized spacial score (nSPS) is 19.4. The first-order valence-corrected chi connectivity index (χ1v) is 9.90. The van der Waals surface area contributed by atoms with Gasteiger partial charge >= 0.3 is 0 Å². The van der Waals surface area contributed by atoms with E-state index in [1.54, 1.807) is 6.07 Å². The fourth-order valence-corrected chi connectivity index (χ4v) is 3.69. The van der Waals surface area contributed by atoms with Gasteiger partial charge in [0.2, 0.25) is 0 Å². The van der Waals surface area contributed by atoms with Gasteiger partial charge in [-0.25, -0.2) is 0 Å². The van der Waals surface area contributed by atoms with Gasteiger partial charge in [0.1, 0.15) is 18.5 Å². The second kappa shape index (κ2) is 8.67. The lowest BCUT2D eigenvalue weighted by atomic mass is 10.2. The van der Waals surface area contributed by atoms with Gasteiger partial charge in [0.15, 0.2) is 5.76 Å². The van der Waals surface area contributed by atoms with E-state index in [0.29, 0.717) is 31.1 Å². The Balaban J connectivity index is 1.30. The number of ether oxygens (including phenoxy) is 1. The summed E-state index contributed by atoms with van der Waals surface area (Å²) >= 11 is 0. The molecule has 0 bridgehead atoms. The maximum absolute atomic E-state index is 12.4. The Morgan fingerprint density at radius 2 is 1.83 bits per heavy atom. The van der Waals surface area contributed by atoms with Crippen molar-refractivity contribution < 1.29 is 23.8 Å². The van der Waals surface area contributed by atoms with Gasteiger partial charge in [-0.3, -0.25) is 9.59 Å². The first kappa shape index (κ1) is 19.5. The molecule has 0 unspecified atom stereocenters. The van der Waals surface area contributed by atoms with Gasteiger partial charge in [0.05, 0.1) is 0 Å². The Labute approximate surface area is 169 Å². The predicted molar refractivity (Wildman–Crippen MR) is 107 cm³/mol. The number of hydrogen-bond donors (Lipinski definition) is 2. The van der Waals surface area contributed by atoms with Crippen LogP contribution in [0.3, 0.4) is 0 Å². The number of piperazine rings is 1. The molecule has 3 heterocycles. The summed E-state index contributed by atoms with van der Waals surface area (Å²) < 4.78 is 10.7. The average Bonchev–Trinajstić information content (AvgIpc) is 3.46. The van der Waals surface area contributed by atoms with E-state index in [1.807, 2.05) is 29.2 Å². The number of carbonyl (C=O) groups excluding carboxylic acids is 2. The molecular formula is C21H25N3O5. The molecule has 2 aromatic rings. The quantitative estimate of drug-likeness (QED) is 0.797. The number of aliphatic hydroxyl groups excluding tert-OH is 1. The number of nitrogens with zero attached hydrogens (tertiary/aromatic N) is 2. The van der Waals surface area contributed by atoms with E-state index in [4.69, 9.17) is 14.3 Å². The van der Waals surface area contributed by atoms with Crippen LogP contribution in [0, 0.1) is 0 Å². The van der Waals surface area contributed by atoms with Gasteiger partial charge in [-0.05, 0) is 49.2 Å². The van der Waals surface area contributed by atoms with Crippen molar-refractivity contribution in [2.45, 2.75) is 25.6 Å². The van der Waals surface area contributed by atoms with Crippen LogP contribution in [0.2, 0.25) is 0 Å². The molecule has 8 nitrogen and oxygen atoms in total. The van der Waals surface area contributed by atoms with Gasteiger partial charge < -0.3 is 29.4 Å². The number of furan rings is 1. The minimum absolute atomic E-state index is 0.113. The second-order valence-electron chi connectivity index (χ2n) is 7.24. The van der Waals surface area contributed by atoms with Crippen molar-refractivity contribution in [3.05, 3.63) is 47.9 Å². The molecule has 1 aromatic carbocycles. The van der Waals surface area contributed by atoms with Crippen LogP contribution in [-0.4, -0.2) is 60.7 Å². The first-order valence-electron chi connectivity index (χ1n) is 9.90. The van der Waals surface area contributed by atoms with Gasteiger partial charge in [-0.2, -0.15) is 0 Å². The Bertz CT molecular complexity index is 849. The minimum atomic E-state index is -0.362. The Morgan fingerprint density at radius 1 is 1.07 bits per heavy atom. The topological polar surface area (TPSA) is 95.3 Å². The molecule has 2 fully saturated rings. The highest BCUT2D eigenvalue weighted by molar-refractivity contribution is 6.02. The molecule has 0 radical (unpaired) electrons. The van der Waals surface area contributed by atoms with Crippen molar-refractivity contribution in [2.24, 2.45) is 0 Å². The largest absolute Gasteiger partial charge is 0.453 e. The van der Waals surface area contributed by atoms with Gasteiger partial charge in [0.25, 0.3) is 11.8 Å². The maximum Gasteiger partial charge on any atom is 0.291 e. The smallest absolute Gasteiger partial charge is 0.291 e. The number of nitrogens with one attached hydrogen (secondary N) is 1. The zero-order valence-corrected chi connectivity index (χ0v) is 16.2. The summed E-state index contributed by atoms with van der Waals surface area (Å²) in [7, 11) is 0. The maximum atomic E-state index is 12.4. The summed E-state index contributed by atoms with van der Waals surface area (Å²) in [4.78, 5) is 28.8. The SMILES string of the molecule is O=C(Nc1ccc(N2CCN(C(=O)[C@@H]3CCCO3)CC2)cc1)c1ccc(CO)o1. The molecule has 2 amide bonds. The number of hydrogen-bond acceptors (Lipinski definition) is 6. The average molecular weight is 399 g/mol. The van der Waals surface area contributed by atoms with E-state index >= 15 is 0 Å². The van der Waals surface area contributed by atoms with Crippen LogP contribution in [0.25, 0.3) is 0 Å². The lowest BCUT2D eigenvalue weighted by Gasteiger charge is -2.37. The number of amides is 2. The van der Waals surface area contributed by atoms with Crippen LogP contribution in [0.1, 0.15) is 29.2 Å². The van der Waals surface area contributed by atoms with E-state index in [-0.39, 0.29) is 30.3 Å². The third-order valence-electron chi connectivity index (χ3n) is 5.33. The number of benzene rings is 1. The van der Waals surface area contributed by atoms with Crippen LogP contribution < -0.4 is 10.2 Å². The zero-order chi connectivity index (χ0) is 20.2. The third kappa shape index (κ3) is 4.44. The summed E-state index contributed by atoms with van der Waals surface area (Å²) in [6.07, 6.45) is 1.53. The van der Waals surface area contributed by atoms with E-state index in [0.717, 1.165) is 31.6 Å². The Hall–Kier alpha value is -2.84. The molecule has 2 aliphatic rings. The molecule has 4 rings (SSSR count). The van der Waals surface area contributed by atoms with Crippen molar-refractivity contribution >= 4 is 23.2 Å². The molecule has 1 atom stereocenters. The Morgan fingerprint density at radius 3 is 2.45 bits per heavy atom. The van der Waals surface area contributed by atoms with Crippen molar-refractivity contribution in [2.75, 3.05) is 43.0 Å². The summed E-state index contributed by atoms with van der Waals surface area (Å²) in [5, 5.41) is 11.8. The summed E-state index contributed by atoms with van der Waals surface area (Å²) in [5.41, 5.74) is 1.71. The molecule has 2 saturated heterocycles. The lowest BCUT2D eigenvalue weighted by Crippen LogP contribution is -2.51. The number of carbonyl (C=O) groups is 2. The standard InChI is InChI=1S/C21H25N3O5/c25-14-17-7-8-18(29-17)20(26)22-15-3-5-16(6-4-15)23-9-11-24(12-10-23)21(27)19-2-1-13-28-19/h3-8,19,25H,1-2,9-14H2,(H,22,26)/t19-/m0/s1. The van der Waals surface area contributed by atoms with Gasteiger partial charge in [0, 0.05) is 44.2 Å². The van der Waals surface area contributed by atoms with Gasteiger partial charge in [-0.15, -0.1) is 0 Å². The predicted octanol–water partition coefficient (Wildman–Crippen LogP) is 1.85. The Kier molecular flexibility index (Phi) is 5.82. The fourth-order valence-electron chi connectivity index (χ4n) is 3.69. The molecule has 1 aromatic heterocycles. The lowest BCUT2D eigenvalue weighted by molar-refractivity contribution is -0.141. The molecule has 154 valence electrons. The zero-order valence-electron chi connectivity index (χ0n) is 16.2. The van der Waals surface area contributed by atoms with Crippen molar-refractivity contribution in [3.8, 4) is 0 Å². The number of rotatable bonds is 5. The second-order valence-corrected chi connectivity index (χ2v) is 7.24. The number of aliphatic hydroxyl groups is 1. The highest BCUT2D eigenvalue weighted by atomic mass is 16.5. The van der Waals surface area contributed by atoms with Crippen molar-refractivity contribution in [1.82, 2.24) is 4.90 Å². The fraction of sp³-hybridized carbons (Fsp3) is 0.429. The minimum Gasteiger partial charge on any atom is -0.453 e. The van der Waals surface area contributed by atoms with Gasteiger partial charge in [-0.1, -0.05) is 0 Å². The highest BCUT2D eigenvalue weighted by Crippen LogP contribution is 2.22. The van der Waals surface area contributed by atoms with E-state index in [2.05, 4.69) is 10.2 Å². The molecule has 0 aliphatic carbocycles. The number of anilines is 2. The summed E-state index contributed by atoms with van der Waals surface area (Å²) in [6.45, 7) is 3.34. The third-order valence-corrected chi connectivity index (χ3v) is 5.33. The van der Waals surface area contributed by atoms with Crippen LogP contribution >= 0.6 is 0 Å². The molecule has 0 spiro atoms. The molecule has 29 heavy (non-hydrogen) atoms. The molecule has 8 heteroatoms. The molecule has 0 saturated carbocycles. The van der Waals surface area contributed by atoms with Crippen LogP contribution in [0.4, 0.5) is 11.4 Å². The molecular weight excluding hydrogens is 374 g/mol. The molecule has 2 N–H and O–H groups in total. The van der Waals surface area contributed by atoms with E-state index in [1.165, 1.54) is 6.07 Å². The molecule has 2 aliphatic heterocycles. The van der Waals surface area contributed by atoms with E-state index in [9.17, 15) is 9.59 Å². The first-order chi connectivity index (χ1) is 14.1. The van der Waals surface area contributed by atoms with E-state index < -0.39 is 0 Å². The summed E-state index contributed by atoms with van der Waals surface area (Å²) in [6, 6.07) is 10.7. The van der Waals surface area contributed by atoms with Crippen molar-refractivity contribution in [3.63, 3.8) is 0 Å². The highest BCUT2D eigenvalue weighted by Gasteiger charge is 2.30. The van der Waals surface area contributed by atoms with Crippen LogP contribution in [0.5, 0.6) is 0 Å². The van der Waals surface area contributed by atoms with Crippen molar-refractivity contribution in [1.29, 1.82) is 0 Å². The van der Waals surface area contributed by atoms with Crippen LogP contribution in [0.15, 0.2) is 40.8 Å². The van der Waals surface area contributed by atoms with Crippen LogP contribution in [-0.2, 0) is 16.1 Å².